The fourth-order valence-electron chi connectivity index (χ4n) is 3.72. The lowest BCUT2D eigenvalue weighted by Gasteiger charge is -2.39. The Bertz CT molecular complexity index is 400. The second-order valence-electron chi connectivity index (χ2n) is 6.99. The lowest BCUT2D eigenvalue weighted by Crippen LogP contribution is -2.54. The van der Waals surface area contributed by atoms with Crippen LogP contribution in [0, 0.1) is 17.8 Å². The molecule has 3 aliphatic heterocycles. The maximum atomic E-state index is 12.6. The van der Waals surface area contributed by atoms with E-state index in [2.05, 4.69) is 17.1 Å². The third-order valence-electron chi connectivity index (χ3n) is 5.26. The van der Waals surface area contributed by atoms with Gasteiger partial charge in [-0.25, -0.2) is 0 Å². The molecule has 3 saturated heterocycles. The fraction of sp³-hybridized carbons (Fsp3) is 0.875. The number of piperidine rings is 2. The van der Waals surface area contributed by atoms with Crippen molar-refractivity contribution in [2.45, 2.75) is 32.6 Å². The second kappa shape index (κ2) is 6.34. The zero-order chi connectivity index (χ0) is 14.8. The van der Waals surface area contributed by atoms with E-state index < -0.39 is 0 Å². The Kier molecular flexibility index (Phi) is 4.48. The maximum absolute atomic E-state index is 12.6. The van der Waals surface area contributed by atoms with Crippen molar-refractivity contribution < 1.29 is 9.59 Å². The van der Waals surface area contributed by atoms with Crippen molar-refractivity contribution in [1.82, 2.24) is 15.1 Å². The molecule has 1 N–H and O–H groups in total. The number of carbonyl (C=O) groups excluding carboxylic acids is 2. The molecule has 0 aromatic carbocycles. The molecule has 0 saturated carbocycles. The number of likely N-dealkylation sites (tertiary alicyclic amines) is 2. The van der Waals surface area contributed by atoms with E-state index in [9.17, 15) is 9.59 Å². The molecule has 5 nitrogen and oxygen atoms in total. The van der Waals surface area contributed by atoms with E-state index in [-0.39, 0.29) is 17.7 Å². The topological polar surface area (TPSA) is 52.7 Å². The van der Waals surface area contributed by atoms with Gasteiger partial charge in [-0.15, -0.1) is 0 Å². The molecule has 0 bridgehead atoms. The third kappa shape index (κ3) is 3.23. The molecule has 0 aromatic heterocycles. The van der Waals surface area contributed by atoms with Crippen LogP contribution in [0.1, 0.15) is 32.6 Å². The summed E-state index contributed by atoms with van der Waals surface area (Å²) >= 11 is 0. The molecular formula is C16H27N3O2. The first-order chi connectivity index (χ1) is 10.1. The Morgan fingerprint density at radius 1 is 0.905 bits per heavy atom. The van der Waals surface area contributed by atoms with Crippen LogP contribution in [0.3, 0.4) is 0 Å². The highest BCUT2D eigenvalue weighted by atomic mass is 16.2. The first-order valence-corrected chi connectivity index (χ1v) is 8.43. The van der Waals surface area contributed by atoms with Crippen LogP contribution in [0.25, 0.3) is 0 Å². The van der Waals surface area contributed by atoms with Crippen molar-refractivity contribution in [3.63, 3.8) is 0 Å². The van der Waals surface area contributed by atoms with Gasteiger partial charge in [0.15, 0.2) is 0 Å². The van der Waals surface area contributed by atoms with Gasteiger partial charge in [-0.05, 0) is 31.6 Å². The van der Waals surface area contributed by atoms with Gasteiger partial charge in [0, 0.05) is 45.2 Å². The van der Waals surface area contributed by atoms with Crippen LogP contribution in [0.2, 0.25) is 0 Å². The molecule has 0 aromatic rings. The summed E-state index contributed by atoms with van der Waals surface area (Å²) < 4.78 is 0. The summed E-state index contributed by atoms with van der Waals surface area (Å²) in [5.41, 5.74) is 0. The van der Waals surface area contributed by atoms with E-state index in [0.29, 0.717) is 11.8 Å². The smallest absolute Gasteiger partial charge is 0.228 e. The number of nitrogens with zero attached hydrogens (tertiary/aromatic N) is 2. The van der Waals surface area contributed by atoms with Crippen molar-refractivity contribution in [1.29, 1.82) is 0 Å². The summed E-state index contributed by atoms with van der Waals surface area (Å²) in [6, 6.07) is 0. The van der Waals surface area contributed by atoms with Gasteiger partial charge in [-0.2, -0.15) is 0 Å². The number of carbonyl (C=O) groups is 2. The van der Waals surface area contributed by atoms with Crippen LogP contribution in [0.4, 0.5) is 0 Å². The van der Waals surface area contributed by atoms with E-state index in [1.165, 1.54) is 6.42 Å². The van der Waals surface area contributed by atoms with E-state index in [4.69, 9.17) is 0 Å². The minimum atomic E-state index is 0.138. The van der Waals surface area contributed by atoms with Gasteiger partial charge in [0.05, 0.1) is 5.92 Å². The Hall–Kier alpha value is -1.10. The predicted molar refractivity (Wildman–Crippen MR) is 80.6 cm³/mol. The molecule has 5 heteroatoms. The van der Waals surface area contributed by atoms with E-state index in [1.807, 2.05) is 4.90 Å². The second-order valence-corrected chi connectivity index (χ2v) is 6.99. The van der Waals surface area contributed by atoms with Crippen LogP contribution in [0.15, 0.2) is 0 Å². The number of nitrogens with one attached hydrogen (secondary N) is 1. The quantitative estimate of drug-likeness (QED) is 0.815. The zero-order valence-corrected chi connectivity index (χ0v) is 13.0. The van der Waals surface area contributed by atoms with Crippen molar-refractivity contribution in [2.75, 3.05) is 39.3 Å². The maximum Gasteiger partial charge on any atom is 0.228 e. The predicted octanol–water partition coefficient (Wildman–Crippen LogP) is 0.703. The standard InChI is InChI=1S/C16H27N3O2/c1-12-3-2-6-19(11-12)15(20)13-4-7-18(8-5-13)16(21)14-9-17-10-14/h12-14,17H,2-11H2,1H3. The number of hydrogen-bond acceptors (Lipinski definition) is 3. The summed E-state index contributed by atoms with van der Waals surface area (Å²) in [6.45, 7) is 7.24. The lowest BCUT2D eigenvalue weighted by atomic mass is 9.91. The van der Waals surface area contributed by atoms with Gasteiger partial charge in [0.2, 0.25) is 11.8 Å². The molecule has 3 heterocycles. The molecule has 3 fully saturated rings. The lowest BCUT2D eigenvalue weighted by molar-refractivity contribution is -0.144. The number of amides is 2. The minimum absolute atomic E-state index is 0.138. The van der Waals surface area contributed by atoms with Crippen LogP contribution < -0.4 is 5.32 Å². The van der Waals surface area contributed by atoms with Crippen LogP contribution in [0.5, 0.6) is 0 Å². The highest BCUT2D eigenvalue weighted by molar-refractivity contribution is 5.82. The van der Waals surface area contributed by atoms with Gasteiger partial charge < -0.3 is 15.1 Å². The first kappa shape index (κ1) is 14.8. The van der Waals surface area contributed by atoms with E-state index >= 15 is 0 Å². The van der Waals surface area contributed by atoms with Gasteiger partial charge in [0.1, 0.15) is 0 Å². The Morgan fingerprint density at radius 2 is 1.57 bits per heavy atom. The highest BCUT2D eigenvalue weighted by Gasteiger charge is 2.35. The van der Waals surface area contributed by atoms with Gasteiger partial charge in [-0.3, -0.25) is 9.59 Å². The molecule has 3 aliphatic rings. The Morgan fingerprint density at radius 3 is 2.14 bits per heavy atom. The van der Waals surface area contributed by atoms with Crippen molar-refractivity contribution in [2.24, 2.45) is 17.8 Å². The molecule has 1 unspecified atom stereocenters. The summed E-state index contributed by atoms with van der Waals surface area (Å²) in [5, 5.41) is 3.15. The zero-order valence-electron chi connectivity index (χ0n) is 13.0. The summed E-state index contributed by atoms with van der Waals surface area (Å²) in [6.07, 6.45) is 4.07. The monoisotopic (exact) mass is 293 g/mol. The minimum Gasteiger partial charge on any atom is -0.342 e. The first-order valence-electron chi connectivity index (χ1n) is 8.43. The van der Waals surface area contributed by atoms with Crippen molar-refractivity contribution in [3.8, 4) is 0 Å². The molecule has 118 valence electrons. The average Bonchev–Trinajstić information content (AvgIpc) is 2.45. The van der Waals surface area contributed by atoms with Crippen molar-refractivity contribution >= 4 is 11.8 Å². The molecular weight excluding hydrogens is 266 g/mol. The third-order valence-corrected chi connectivity index (χ3v) is 5.26. The van der Waals surface area contributed by atoms with Crippen molar-refractivity contribution in [3.05, 3.63) is 0 Å². The summed E-state index contributed by atoms with van der Waals surface area (Å²) in [7, 11) is 0. The fourth-order valence-corrected chi connectivity index (χ4v) is 3.72. The molecule has 2 amide bonds. The van der Waals surface area contributed by atoms with Crippen LogP contribution in [-0.2, 0) is 9.59 Å². The largest absolute Gasteiger partial charge is 0.342 e. The summed E-state index contributed by atoms with van der Waals surface area (Å²) in [4.78, 5) is 28.8. The Balaban J connectivity index is 1.48. The van der Waals surface area contributed by atoms with Gasteiger partial charge in [-0.1, -0.05) is 6.92 Å². The van der Waals surface area contributed by atoms with Gasteiger partial charge in [0.25, 0.3) is 0 Å². The number of hydrogen-bond donors (Lipinski definition) is 1. The molecule has 0 spiro atoms. The highest BCUT2D eigenvalue weighted by Crippen LogP contribution is 2.24. The van der Waals surface area contributed by atoms with Crippen LogP contribution >= 0.6 is 0 Å². The van der Waals surface area contributed by atoms with E-state index in [0.717, 1.165) is 58.5 Å². The van der Waals surface area contributed by atoms with E-state index in [1.54, 1.807) is 0 Å². The average molecular weight is 293 g/mol. The normalized spacial score (nSPS) is 28.3. The van der Waals surface area contributed by atoms with Crippen LogP contribution in [-0.4, -0.2) is 60.9 Å². The molecule has 0 radical (unpaired) electrons. The molecule has 21 heavy (non-hydrogen) atoms. The molecule has 3 rings (SSSR count). The number of rotatable bonds is 2. The molecule has 1 atom stereocenters. The summed E-state index contributed by atoms with van der Waals surface area (Å²) in [5.74, 6) is 1.57. The van der Waals surface area contributed by atoms with Gasteiger partial charge >= 0.3 is 0 Å². The molecule has 0 aliphatic carbocycles. The SMILES string of the molecule is CC1CCCN(C(=O)C2CCN(C(=O)C3CNC3)CC2)C1. The Labute approximate surface area is 127 Å².